The molecule has 27 heavy (non-hydrogen) atoms. The highest BCUT2D eigenvalue weighted by Gasteiger charge is 2.22. The van der Waals surface area contributed by atoms with Crippen molar-refractivity contribution in [3.63, 3.8) is 0 Å². The minimum Gasteiger partial charge on any atom is -0.453 e. The molecule has 0 radical (unpaired) electrons. The Bertz CT molecular complexity index is 879. The maximum Gasteiger partial charge on any atom is 0.349 e. The van der Waals surface area contributed by atoms with Gasteiger partial charge < -0.3 is 14.0 Å². The van der Waals surface area contributed by atoms with Gasteiger partial charge in [-0.25, -0.2) is 4.79 Å². The van der Waals surface area contributed by atoms with Crippen LogP contribution < -0.4 is 0 Å². The van der Waals surface area contributed by atoms with Crippen molar-refractivity contribution >= 4 is 28.1 Å². The zero-order valence-electron chi connectivity index (χ0n) is 15.1. The molecule has 1 aliphatic heterocycles. The molecule has 0 N–H and O–H groups in total. The number of carbonyl (C=O) groups is 2. The van der Waals surface area contributed by atoms with Crippen LogP contribution in [0.5, 0.6) is 0 Å². The van der Waals surface area contributed by atoms with Crippen LogP contribution in [0.15, 0.2) is 18.2 Å². The first kappa shape index (κ1) is 19.2. The molecule has 0 amide bonds. The Morgan fingerprint density at radius 2 is 2.19 bits per heavy atom. The summed E-state index contributed by atoms with van der Waals surface area (Å²) in [4.78, 5) is 34.7. The lowest BCUT2D eigenvalue weighted by Gasteiger charge is -2.14. The molecular formula is C18H20N2O6S. The zero-order chi connectivity index (χ0) is 19.6. The van der Waals surface area contributed by atoms with Gasteiger partial charge in [0.15, 0.2) is 6.61 Å². The number of ether oxygens (including phenoxy) is 2. The lowest BCUT2D eigenvalue weighted by molar-refractivity contribution is -0.380. The van der Waals surface area contributed by atoms with Gasteiger partial charge in [0.25, 0.3) is 0 Å². The van der Waals surface area contributed by atoms with Crippen molar-refractivity contribution in [2.75, 3.05) is 13.2 Å². The molecule has 0 saturated carbocycles. The van der Waals surface area contributed by atoms with Gasteiger partial charge in [-0.3, -0.25) is 14.9 Å². The first-order valence-electron chi connectivity index (χ1n) is 8.59. The highest BCUT2D eigenvalue weighted by molar-refractivity contribution is 7.17. The fourth-order valence-electron chi connectivity index (χ4n) is 3.17. The number of hydrogen-bond donors (Lipinski definition) is 0. The number of carbonyl (C=O) groups excluding carboxylic acids is 2. The number of aryl methyl sites for hydroxylation is 1. The van der Waals surface area contributed by atoms with Gasteiger partial charge in [0.05, 0.1) is 11.0 Å². The summed E-state index contributed by atoms with van der Waals surface area (Å²) in [7, 11) is 0. The van der Waals surface area contributed by atoms with E-state index in [4.69, 9.17) is 9.47 Å². The molecular weight excluding hydrogens is 372 g/mol. The van der Waals surface area contributed by atoms with E-state index < -0.39 is 17.5 Å². The van der Waals surface area contributed by atoms with Crippen LogP contribution in [-0.4, -0.2) is 40.6 Å². The van der Waals surface area contributed by atoms with Crippen LogP contribution in [0, 0.1) is 24.0 Å². The van der Waals surface area contributed by atoms with Crippen LogP contribution in [0.1, 0.15) is 44.3 Å². The number of ketones is 1. The van der Waals surface area contributed by atoms with Gasteiger partial charge >= 0.3 is 11.0 Å². The number of Topliss-reactive ketones (excluding diaryl/α,β-unsaturated/α-hetero) is 1. The molecule has 8 nitrogen and oxygen atoms in total. The molecule has 0 aromatic carbocycles. The molecule has 1 saturated heterocycles. The molecule has 1 atom stereocenters. The highest BCUT2D eigenvalue weighted by Crippen LogP contribution is 2.25. The van der Waals surface area contributed by atoms with Gasteiger partial charge in [-0.15, -0.1) is 0 Å². The Balaban J connectivity index is 1.63. The zero-order valence-corrected chi connectivity index (χ0v) is 15.9. The third kappa shape index (κ3) is 4.25. The molecule has 3 heterocycles. The van der Waals surface area contributed by atoms with Crippen LogP contribution in [-0.2, 0) is 16.0 Å². The van der Waals surface area contributed by atoms with E-state index in [1.54, 1.807) is 6.07 Å². The summed E-state index contributed by atoms with van der Waals surface area (Å²) in [5, 5.41) is 10.5. The minimum absolute atomic E-state index is 0.0957. The molecule has 2 aromatic heterocycles. The lowest BCUT2D eigenvalue weighted by Crippen LogP contribution is -2.18. The summed E-state index contributed by atoms with van der Waals surface area (Å²) in [5.74, 6) is -1.05. The van der Waals surface area contributed by atoms with Gasteiger partial charge in [0.2, 0.25) is 5.78 Å². The van der Waals surface area contributed by atoms with E-state index in [9.17, 15) is 19.7 Å². The Labute approximate surface area is 159 Å². The van der Waals surface area contributed by atoms with Gasteiger partial charge in [-0.2, -0.15) is 0 Å². The number of nitrogens with zero attached hydrogens (tertiary/aromatic N) is 2. The van der Waals surface area contributed by atoms with Crippen LogP contribution in [0.3, 0.4) is 0 Å². The maximum atomic E-state index is 12.5. The Morgan fingerprint density at radius 3 is 2.81 bits per heavy atom. The number of esters is 1. The van der Waals surface area contributed by atoms with Crippen molar-refractivity contribution < 1.29 is 24.0 Å². The Hall–Kier alpha value is -2.52. The summed E-state index contributed by atoms with van der Waals surface area (Å²) in [6, 6.07) is 4.35. The Morgan fingerprint density at radius 1 is 1.41 bits per heavy atom. The van der Waals surface area contributed by atoms with Crippen LogP contribution in [0.4, 0.5) is 5.00 Å². The predicted octanol–water partition coefficient (Wildman–Crippen LogP) is 3.29. The topological polar surface area (TPSA) is 101 Å². The van der Waals surface area contributed by atoms with E-state index in [1.165, 1.54) is 12.1 Å². The fourth-order valence-corrected chi connectivity index (χ4v) is 3.89. The van der Waals surface area contributed by atoms with E-state index in [0.717, 1.165) is 42.2 Å². The molecule has 0 bridgehead atoms. The van der Waals surface area contributed by atoms with E-state index in [1.807, 2.05) is 18.4 Å². The largest absolute Gasteiger partial charge is 0.453 e. The van der Waals surface area contributed by atoms with E-state index in [2.05, 4.69) is 0 Å². The number of rotatable bonds is 7. The first-order valence-corrected chi connectivity index (χ1v) is 9.41. The van der Waals surface area contributed by atoms with E-state index in [-0.39, 0.29) is 21.8 Å². The highest BCUT2D eigenvalue weighted by atomic mass is 32.1. The SMILES string of the molecule is Cc1cc(C(=O)COC(=O)c2ccc([N+](=O)[O-])s2)c(C)n1CC1CCCO1. The maximum absolute atomic E-state index is 12.5. The fraction of sp³-hybridized carbons (Fsp3) is 0.444. The summed E-state index contributed by atoms with van der Waals surface area (Å²) < 4.78 is 12.8. The second-order valence-electron chi connectivity index (χ2n) is 6.42. The van der Waals surface area contributed by atoms with E-state index >= 15 is 0 Å². The molecule has 9 heteroatoms. The van der Waals surface area contributed by atoms with Crippen molar-refractivity contribution in [1.29, 1.82) is 0 Å². The van der Waals surface area contributed by atoms with Crippen molar-refractivity contribution in [2.24, 2.45) is 0 Å². The second kappa shape index (κ2) is 8.01. The average Bonchev–Trinajstić information content (AvgIpc) is 3.36. The van der Waals surface area contributed by atoms with Crippen LogP contribution in [0.25, 0.3) is 0 Å². The van der Waals surface area contributed by atoms with Gasteiger partial charge in [-0.05, 0) is 38.8 Å². The van der Waals surface area contributed by atoms with Crippen molar-refractivity contribution in [2.45, 2.75) is 39.3 Å². The van der Waals surface area contributed by atoms with Crippen molar-refractivity contribution in [1.82, 2.24) is 4.57 Å². The van der Waals surface area contributed by atoms with Gasteiger partial charge in [0, 0.05) is 36.2 Å². The second-order valence-corrected chi connectivity index (χ2v) is 7.49. The third-order valence-electron chi connectivity index (χ3n) is 4.59. The molecule has 0 aliphatic carbocycles. The Kier molecular flexibility index (Phi) is 5.71. The lowest BCUT2D eigenvalue weighted by atomic mass is 10.1. The predicted molar refractivity (Wildman–Crippen MR) is 98.5 cm³/mol. The number of nitro groups is 1. The van der Waals surface area contributed by atoms with Crippen LogP contribution in [0.2, 0.25) is 0 Å². The molecule has 1 aliphatic rings. The quantitative estimate of drug-likeness (QED) is 0.310. The minimum atomic E-state index is -0.741. The normalized spacial score (nSPS) is 16.4. The molecule has 3 rings (SSSR count). The van der Waals surface area contributed by atoms with Gasteiger partial charge in [0.1, 0.15) is 4.88 Å². The molecule has 1 unspecified atom stereocenters. The molecule has 1 fully saturated rings. The summed E-state index contributed by atoms with van der Waals surface area (Å²) in [5.41, 5.74) is 2.28. The number of thiophene rings is 1. The van der Waals surface area contributed by atoms with E-state index in [0.29, 0.717) is 12.1 Å². The summed E-state index contributed by atoms with van der Waals surface area (Å²) in [6.45, 7) is 4.85. The third-order valence-corrected chi connectivity index (χ3v) is 5.61. The monoisotopic (exact) mass is 392 g/mol. The molecule has 2 aromatic rings. The van der Waals surface area contributed by atoms with Crippen molar-refractivity contribution in [3.05, 3.63) is 50.1 Å². The first-order chi connectivity index (χ1) is 12.9. The van der Waals surface area contributed by atoms with Gasteiger partial charge in [-0.1, -0.05) is 11.3 Å². The molecule has 144 valence electrons. The standard InChI is InChI=1S/C18H20N2O6S/c1-11-8-14(12(2)19(11)9-13-4-3-7-25-13)15(21)10-26-18(22)16-5-6-17(27-16)20(23)24/h5-6,8,13H,3-4,7,9-10H2,1-2H3. The average molecular weight is 392 g/mol. The van der Waals surface area contributed by atoms with Crippen molar-refractivity contribution in [3.8, 4) is 0 Å². The smallest absolute Gasteiger partial charge is 0.349 e. The number of aromatic nitrogens is 1. The summed E-state index contributed by atoms with van der Waals surface area (Å²) in [6.07, 6.45) is 2.21. The summed E-state index contributed by atoms with van der Waals surface area (Å²) >= 11 is 0.721. The van der Waals surface area contributed by atoms with Crippen LogP contribution >= 0.6 is 11.3 Å². The number of hydrogen-bond acceptors (Lipinski definition) is 7. The molecule has 0 spiro atoms.